The van der Waals surface area contributed by atoms with Crippen LogP contribution >= 0.6 is 0 Å². The van der Waals surface area contributed by atoms with Crippen LogP contribution in [0.4, 0.5) is 0 Å². The van der Waals surface area contributed by atoms with E-state index >= 15 is 0 Å². The Morgan fingerprint density at radius 1 is 1.58 bits per heavy atom. The predicted molar refractivity (Wildman–Crippen MR) is 70.4 cm³/mol. The smallest absolute Gasteiger partial charge is 0.225 e. The molecule has 0 bridgehead atoms. The van der Waals surface area contributed by atoms with Gasteiger partial charge in [-0.15, -0.1) is 0 Å². The maximum atomic E-state index is 12.2. The SMILES string of the molecule is N/C(CCN(Cc1cccnc1)C(=O)C1CC1)=N/O. The first kappa shape index (κ1) is 13.3. The average Bonchev–Trinajstić information content (AvgIpc) is 3.28. The minimum absolute atomic E-state index is 0.139. The molecule has 0 radical (unpaired) electrons. The molecule has 0 aromatic carbocycles. The lowest BCUT2D eigenvalue weighted by Gasteiger charge is -2.22. The van der Waals surface area contributed by atoms with Crippen molar-refractivity contribution in [2.75, 3.05) is 6.54 Å². The molecule has 1 aliphatic rings. The molecule has 19 heavy (non-hydrogen) atoms. The summed E-state index contributed by atoms with van der Waals surface area (Å²) < 4.78 is 0. The van der Waals surface area contributed by atoms with Crippen molar-refractivity contribution < 1.29 is 10.0 Å². The Kier molecular flexibility index (Phi) is 4.33. The molecule has 1 fully saturated rings. The zero-order valence-electron chi connectivity index (χ0n) is 10.7. The van der Waals surface area contributed by atoms with E-state index in [-0.39, 0.29) is 17.7 Å². The summed E-state index contributed by atoms with van der Waals surface area (Å²) in [5, 5.41) is 11.5. The van der Waals surface area contributed by atoms with Gasteiger partial charge in [0, 0.05) is 37.8 Å². The molecular weight excluding hydrogens is 244 g/mol. The maximum absolute atomic E-state index is 12.2. The molecule has 102 valence electrons. The molecule has 0 spiro atoms. The van der Waals surface area contributed by atoms with E-state index in [0.29, 0.717) is 19.5 Å². The topological polar surface area (TPSA) is 91.8 Å². The molecule has 0 atom stereocenters. The van der Waals surface area contributed by atoms with Crippen LogP contribution in [0.25, 0.3) is 0 Å². The number of hydrogen-bond acceptors (Lipinski definition) is 4. The van der Waals surface area contributed by atoms with Gasteiger partial charge in [-0.1, -0.05) is 11.2 Å². The first-order chi connectivity index (χ1) is 9.20. The maximum Gasteiger partial charge on any atom is 0.225 e. The van der Waals surface area contributed by atoms with E-state index in [1.54, 1.807) is 17.3 Å². The minimum atomic E-state index is 0.139. The number of oxime groups is 1. The van der Waals surface area contributed by atoms with E-state index in [2.05, 4.69) is 10.1 Å². The molecular formula is C13H18N4O2. The van der Waals surface area contributed by atoms with E-state index in [1.807, 2.05) is 12.1 Å². The highest BCUT2D eigenvalue weighted by atomic mass is 16.4. The van der Waals surface area contributed by atoms with Crippen molar-refractivity contribution in [3.8, 4) is 0 Å². The van der Waals surface area contributed by atoms with Crippen molar-refractivity contribution >= 4 is 11.7 Å². The summed E-state index contributed by atoms with van der Waals surface area (Å²) in [5.74, 6) is 0.443. The fourth-order valence-corrected chi connectivity index (χ4v) is 1.87. The Morgan fingerprint density at radius 3 is 2.95 bits per heavy atom. The summed E-state index contributed by atoms with van der Waals surface area (Å²) in [6, 6.07) is 3.78. The van der Waals surface area contributed by atoms with Crippen LogP contribution in [-0.2, 0) is 11.3 Å². The zero-order chi connectivity index (χ0) is 13.7. The predicted octanol–water partition coefficient (Wildman–Crippen LogP) is 0.957. The van der Waals surface area contributed by atoms with Crippen LogP contribution in [0.15, 0.2) is 29.7 Å². The van der Waals surface area contributed by atoms with Crippen molar-refractivity contribution in [1.82, 2.24) is 9.88 Å². The van der Waals surface area contributed by atoms with Gasteiger partial charge in [-0.2, -0.15) is 0 Å². The van der Waals surface area contributed by atoms with Crippen molar-refractivity contribution in [1.29, 1.82) is 0 Å². The molecule has 3 N–H and O–H groups in total. The van der Waals surface area contributed by atoms with Gasteiger partial charge in [-0.3, -0.25) is 9.78 Å². The Hall–Kier alpha value is -2.11. The van der Waals surface area contributed by atoms with Gasteiger partial charge in [-0.25, -0.2) is 0 Å². The minimum Gasteiger partial charge on any atom is -0.409 e. The standard InChI is InChI=1S/C13H18N4O2/c14-12(16-19)5-7-17(13(18)11-3-4-11)9-10-2-1-6-15-8-10/h1-2,6,8,11,19H,3-5,7,9H2,(H2,14,16). The molecule has 1 heterocycles. The molecule has 6 heteroatoms. The third-order valence-corrected chi connectivity index (χ3v) is 3.10. The van der Waals surface area contributed by atoms with Crippen molar-refractivity contribution in [3.63, 3.8) is 0 Å². The van der Waals surface area contributed by atoms with E-state index in [1.165, 1.54) is 0 Å². The van der Waals surface area contributed by atoms with Gasteiger partial charge in [0.2, 0.25) is 5.91 Å². The lowest BCUT2D eigenvalue weighted by Crippen LogP contribution is -2.34. The molecule has 6 nitrogen and oxygen atoms in total. The fourth-order valence-electron chi connectivity index (χ4n) is 1.87. The molecule has 1 aliphatic carbocycles. The summed E-state index contributed by atoms with van der Waals surface area (Å²) in [7, 11) is 0. The second-order valence-corrected chi connectivity index (χ2v) is 4.74. The highest BCUT2D eigenvalue weighted by Crippen LogP contribution is 2.31. The first-order valence-electron chi connectivity index (χ1n) is 6.35. The summed E-state index contributed by atoms with van der Waals surface area (Å²) in [5.41, 5.74) is 6.44. The molecule has 0 aliphatic heterocycles. The van der Waals surface area contributed by atoms with Gasteiger partial charge >= 0.3 is 0 Å². The van der Waals surface area contributed by atoms with E-state index in [0.717, 1.165) is 18.4 Å². The highest BCUT2D eigenvalue weighted by Gasteiger charge is 2.33. The third kappa shape index (κ3) is 3.94. The summed E-state index contributed by atoms with van der Waals surface area (Å²) in [6.07, 6.45) is 5.75. The van der Waals surface area contributed by atoms with Gasteiger partial charge < -0.3 is 15.8 Å². The van der Waals surface area contributed by atoms with Crippen molar-refractivity contribution in [3.05, 3.63) is 30.1 Å². The van der Waals surface area contributed by atoms with Crippen molar-refractivity contribution in [2.45, 2.75) is 25.8 Å². The normalized spacial score (nSPS) is 15.3. The van der Waals surface area contributed by atoms with Crippen LogP contribution in [0.2, 0.25) is 0 Å². The Bertz CT molecular complexity index is 457. The molecule has 1 aromatic heterocycles. The summed E-state index contributed by atoms with van der Waals surface area (Å²) in [6.45, 7) is 0.974. The van der Waals surface area contributed by atoms with Gasteiger partial charge in [0.25, 0.3) is 0 Å². The molecule has 1 amide bonds. The number of rotatable bonds is 6. The summed E-state index contributed by atoms with van der Waals surface area (Å²) in [4.78, 5) is 18.0. The lowest BCUT2D eigenvalue weighted by molar-refractivity contribution is -0.133. The molecule has 1 saturated carbocycles. The number of aromatic nitrogens is 1. The highest BCUT2D eigenvalue weighted by molar-refractivity contribution is 5.83. The third-order valence-electron chi connectivity index (χ3n) is 3.10. The monoisotopic (exact) mass is 262 g/mol. The average molecular weight is 262 g/mol. The van der Waals surface area contributed by atoms with Crippen LogP contribution < -0.4 is 5.73 Å². The fraction of sp³-hybridized carbons (Fsp3) is 0.462. The number of carbonyl (C=O) groups excluding carboxylic acids is 1. The zero-order valence-corrected chi connectivity index (χ0v) is 10.7. The van der Waals surface area contributed by atoms with Gasteiger partial charge in [0.05, 0.1) is 0 Å². The van der Waals surface area contributed by atoms with Crippen LogP contribution in [-0.4, -0.2) is 33.4 Å². The number of pyridine rings is 1. The Morgan fingerprint density at radius 2 is 2.37 bits per heavy atom. The number of amidine groups is 1. The molecule has 2 rings (SSSR count). The van der Waals surface area contributed by atoms with Crippen LogP contribution in [0.3, 0.4) is 0 Å². The second kappa shape index (κ2) is 6.17. The van der Waals surface area contributed by atoms with E-state index < -0.39 is 0 Å². The van der Waals surface area contributed by atoms with Crippen molar-refractivity contribution in [2.24, 2.45) is 16.8 Å². The molecule has 1 aromatic rings. The largest absolute Gasteiger partial charge is 0.409 e. The van der Waals surface area contributed by atoms with Gasteiger partial charge in [0.1, 0.15) is 5.84 Å². The number of carbonyl (C=O) groups is 1. The van der Waals surface area contributed by atoms with Gasteiger partial charge in [0.15, 0.2) is 0 Å². The van der Waals surface area contributed by atoms with Crippen LogP contribution in [0.5, 0.6) is 0 Å². The number of amides is 1. The number of hydrogen-bond donors (Lipinski definition) is 2. The van der Waals surface area contributed by atoms with E-state index in [4.69, 9.17) is 10.9 Å². The molecule has 0 saturated heterocycles. The number of nitrogens with zero attached hydrogens (tertiary/aromatic N) is 3. The molecule has 0 unspecified atom stereocenters. The quantitative estimate of drug-likeness (QED) is 0.345. The lowest BCUT2D eigenvalue weighted by atomic mass is 10.2. The first-order valence-corrected chi connectivity index (χ1v) is 6.35. The van der Waals surface area contributed by atoms with E-state index in [9.17, 15) is 4.79 Å². The van der Waals surface area contributed by atoms with Crippen LogP contribution in [0, 0.1) is 5.92 Å². The number of nitrogens with two attached hydrogens (primary N) is 1. The Labute approximate surface area is 111 Å². The second-order valence-electron chi connectivity index (χ2n) is 4.74. The Balaban J connectivity index is 1.99. The van der Waals surface area contributed by atoms with Gasteiger partial charge in [-0.05, 0) is 24.5 Å². The van der Waals surface area contributed by atoms with Crippen LogP contribution in [0.1, 0.15) is 24.8 Å². The summed E-state index contributed by atoms with van der Waals surface area (Å²) >= 11 is 0.